The SMILES string of the molecule is O=C(NCCNc1ccc(C(F)(F)F)cc1[N+](=O)[O-])c1ccccc1SC(F)F. The second kappa shape index (κ2) is 9.54. The van der Waals surface area contributed by atoms with E-state index in [0.717, 1.165) is 6.07 Å². The lowest BCUT2D eigenvalue weighted by molar-refractivity contribution is -0.384. The Morgan fingerprint density at radius 1 is 1.14 bits per heavy atom. The van der Waals surface area contributed by atoms with Crippen LogP contribution in [-0.2, 0) is 6.18 Å². The Balaban J connectivity index is 1.99. The van der Waals surface area contributed by atoms with Crippen molar-refractivity contribution >= 4 is 29.0 Å². The number of nitrogens with zero attached hydrogens (tertiary/aromatic N) is 1. The Hall–Kier alpha value is -2.89. The number of anilines is 1. The van der Waals surface area contributed by atoms with Gasteiger partial charge in [0.15, 0.2) is 0 Å². The number of amides is 1. The van der Waals surface area contributed by atoms with Crippen molar-refractivity contribution in [1.29, 1.82) is 0 Å². The Kier molecular flexibility index (Phi) is 7.37. The summed E-state index contributed by atoms with van der Waals surface area (Å²) in [5, 5.41) is 16.1. The average molecular weight is 435 g/mol. The number of hydrogen-bond donors (Lipinski definition) is 2. The van der Waals surface area contributed by atoms with Gasteiger partial charge in [0.25, 0.3) is 17.4 Å². The number of thioether (sulfide) groups is 1. The van der Waals surface area contributed by atoms with Crippen LogP contribution in [0.15, 0.2) is 47.4 Å². The zero-order chi connectivity index (χ0) is 21.6. The molecule has 0 atom stereocenters. The highest BCUT2D eigenvalue weighted by Gasteiger charge is 2.33. The minimum atomic E-state index is -4.72. The van der Waals surface area contributed by atoms with E-state index in [9.17, 15) is 36.9 Å². The zero-order valence-electron chi connectivity index (χ0n) is 14.5. The van der Waals surface area contributed by atoms with Crippen LogP contribution in [0.3, 0.4) is 0 Å². The lowest BCUT2D eigenvalue weighted by Gasteiger charge is -2.12. The summed E-state index contributed by atoms with van der Waals surface area (Å²) in [6.45, 7) is -0.0905. The molecule has 2 aromatic carbocycles. The summed E-state index contributed by atoms with van der Waals surface area (Å²) in [7, 11) is 0. The van der Waals surface area contributed by atoms with Gasteiger partial charge in [-0.05, 0) is 24.3 Å². The molecule has 1 amide bonds. The molecule has 0 aromatic heterocycles. The minimum Gasteiger partial charge on any atom is -0.378 e. The zero-order valence-corrected chi connectivity index (χ0v) is 15.3. The van der Waals surface area contributed by atoms with E-state index in [1.54, 1.807) is 0 Å². The molecule has 0 saturated heterocycles. The Labute approximate surface area is 165 Å². The quantitative estimate of drug-likeness (QED) is 0.205. The fourth-order valence-corrected chi connectivity index (χ4v) is 2.97. The molecule has 29 heavy (non-hydrogen) atoms. The molecule has 2 N–H and O–H groups in total. The fourth-order valence-electron chi connectivity index (χ4n) is 2.33. The van der Waals surface area contributed by atoms with E-state index in [0.29, 0.717) is 12.1 Å². The average Bonchev–Trinajstić information content (AvgIpc) is 2.64. The maximum Gasteiger partial charge on any atom is 0.416 e. The van der Waals surface area contributed by atoms with Crippen molar-refractivity contribution < 1.29 is 31.7 Å². The maximum absolute atomic E-state index is 12.7. The van der Waals surface area contributed by atoms with E-state index in [2.05, 4.69) is 10.6 Å². The lowest BCUT2D eigenvalue weighted by Crippen LogP contribution is -2.29. The highest BCUT2D eigenvalue weighted by molar-refractivity contribution is 7.99. The van der Waals surface area contributed by atoms with E-state index < -0.39 is 34.0 Å². The molecule has 2 aromatic rings. The van der Waals surface area contributed by atoms with Crippen LogP contribution in [0.25, 0.3) is 0 Å². The number of rotatable bonds is 8. The maximum atomic E-state index is 12.7. The molecule has 0 aliphatic carbocycles. The van der Waals surface area contributed by atoms with Gasteiger partial charge in [-0.3, -0.25) is 14.9 Å². The van der Waals surface area contributed by atoms with Gasteiger partial charge >= 0.3 is 6.18 Å². The topological polar surface area (TPSA) is 84.3 Å². The lowest BCUT2D eigenvalue weighted by atomic mass is 10.1. The normalized spacial score (nSPS) is 11.4. The van der Waals surface area contributed by atoms with Crippen LogP contribution >= 0.6 is 11.8 Å². The molecule has 0 radical (unpaired) electrons. The molecular weight excluding hydrogens is 421 g/mol. The molecule has 0 spiro atoms. The third kappa shape index (κ3) is 6.31. The molecular formula is C17H14F5N3O3S. The van der Waals surface area contributed by atoms with Crippen molar-refractivity contribution in [3.8, 4) is 0 Å². The van der Waals surface area contributed by atoms with Gasteiger partial charge in [0.1, 0.15) is 5.69 Å². The molecule has 0 fully saturated rings. The second-order valence-corrected chi connectivity index (χ2v) is 6.58. The first-order valence-corrected chi connectivity index (χ1v) is 8.89. The van der Waals surface area contributed by atoms with Gasteiger partial charge in [0.05, 0.1) is 16.1 Å². The van der Waals surface area contributed by atoms with Crippen LogP contribution in [0, 0.1) is 10.1 Å². The predicted molar refractivity (Wildman–Crippen MR) is 97.2 cm³/mol. The van der Waals surface area contributed by atoms with E-state index >= 15 is 0 Å². The summed E-state index contributed by atoms with van der Waals surface area (Å²) >= 11 is 0.221. The number of nitro benzene ring substituents is 1. The standard InChI is InChI=1S/C17H14F5N3O3S/c18-16(19)29-14-4-2-1-3-11(14)15(26)24-8-7-23-12-6-5-10(17(20,21)22)9-13(12)25(27)28/h1-6,9,16,23H,7-8H2,(H,24,26). The molecule has 0 aliphatic heterocycles. The highest BCUT2D eigenvalue weighted by Crippen LogP contribution is 2.34. The fraction of sp³-hybridized carbons (Fsp3) is 0.235. The number of alkyl halides is 5. The van der Waals surface area contributed by atoms with Crippen LogP contribution < -0.4 is 10.6 Å². The third-order valence-electron chi connectivity index (χ3n) is 3.60. The molecule has 0 unspecified atom stereocenters. The molecule has 12 heteroatoms. The van der Waals surface area contributed by atoms with Gasteiger partial charge < -0.3 is 10.6 Å². The van der Waals surface area contributed by atoms with Gasteiger partial charge in [0.2, 0.25) is 0 Å². The van der Waals surface area contributed by atoms with Crippen molar-refractivity contribution in [2.75, 3.05) is 18.4 Å². The summed E-state index contributed by atoms with van der Waals surface area (Å²) in [6, 6.07) is 7.80. The highest BCUT2D eigenvalue weighted by atomic mass is 32.2. The predicted octanol–water partition coefficient (Wildman–Crippen LogP) is 4.77. The Bertz CT molecular complexity index is 893. The van der Waals surface area contributed by atoms with Gasteiger partial charge in [0, 0.05) is 24.1 Å². The van der Waals surface area contributed by atoms with E-state index in [1.165, 1.54) is 24.3 Å². The summed E-state index contributed by atoms with van der Waals surface area (Å²) < 4.78 is 63.2. The van der Waals surface area contributed by atoms with Gasteiger partial charge in [-0.25, -0.2) is 0 Å². The first kappa shape index (κ1) is 22.4. The van der Waals surface area contributed by atoms with Crippen LogP contribution in [-0.4, -0.2) is 29.7 Å². The molecule has 0 heterocycles. The van der Waals surface area contributed by atoms with Crippen molar-refractivity contribution in [3.05, 3.63) is 63.7 Å². The number of nitrogens with one attached hydrogen (secondary N) is 2. The Morgan fingerprint density at radius 2 is 1.83 bits per heavy atom. The van der Waals surface area contributed by atoms with E-state index in [1.807, 2.05) is 0 Å². The second-order valence-electron chi connectivity index (χ2n) is 5.54. The molecule has 0 aliphatic rings. The van der Waals surface area contributed by atoms with Crippen molar-refractivity contribution in [2.45, 2.75) is 16.8 Å². The molecule has 156 valence electrons. The number of carbonyl (C=O) groups is 1. The number of carbonyl (C=O) groups excluding carboxylic acids is 1. The summed E-state index contributed by atoms with van der Waals surface area (Å²) in [5.41, 5.74) is -2.02. The van der Waals surface area contributed by atoms with Crippen LogP contribution in [0.5, 0.6) is 0 Å². The third-order valence-corrected chi connectivity index (χ3v) is 4.38. The summed E-state index contributed by atoms with van der Waals surface area (Å²) in [5.74, 6) is -3.33. The van der Waals surface area contributed by atoms with Crippen LogP contribution in [0.1, 0.15) is 15.9 Å². The van der Waals surface area contributed by atoms with Crippen LogP contribution in [0.2, 0.25) is 0 Å². The number of hydrogen-bond acceptors (Lipinski definition) is 5. The van der Waals surface area contributed by atoms with Crippen LogP contribution in [0.4, 0.5) is 33.3 Å². The van der Waals surface area contributed by atoms with Gasteiger partial charge in [-0.1, -0.05) is 23.9 Å². The number of nitro groups is 1. The largest absolute Gasteiger partial charge is 0.416 e. The minimum absolute atomic E-state index is 0.0396. The Morgan fingerprint density at radius 3 is 2.45 bits per heavy atom. The van der Waals surface area contributed by atoms with Crippen molar-refractivity contribution in [3.63, 3.8) is 0 Å². The first-order chi connectivity index (χ1) is 13.6. The molecule has 6 nitrogen and oxygen atoms in total. The summed E-state index contributed by atoms with van der Waals surface area (Å²) in [6.07, 6.45) is -4.72. The van der Waals surface area contributed by atoms with Gasteiger partial charge in [-0.2, -0.15) is 22.0 Å². The van der Waals surface area contributed by atoms with Crippen molar-refractivity contribution in [1.82, 2.24) is 5.32 Å². The number of benzene rings is 2. The van der Waals surface area contributed by atoms with Gasteiger partial charge in [-0.15, -0.1) is 0 Å². The number of halogens is 5. The van der Waals surface area contributed by atoms with E-state index in [-0.39, 0.29) is 41.0 Å². The van der Waals surface area contributed by atoms with E-state index in [4.69, 9.17) is 0 Å². The van der Waals surface area contributed by atoms with Crippen molar-refractivity contribution in [2.24, 2.45) is 0 Å². The molecule has 2 rings (SSSR count). The first-order valence-electron chi connectivity index (χ1n) is 8.01. The molecule has 0 saturated carbocycles. The summed E-state index contributed by atoms with van der Waals surface area (Å²) in [4.78, 5) is 22.3. The molecule has 0 bridgehead atoms. The smallest absolute Gasteiger partial charge is 0.378 e. The monoisotopic (exact) mass is 435 g/mol.